The highest BCUT2D eigenvalue weighted by molar-refractivity contribution is 5.71. The van der Waals surface area contributed by atoms with Crippen LogP contribution >= 0.6 is 0 Å². The van der Waals surface area contributed by atoms with Gasteiger partial charge in [-0.05, 0) is 19.3 Å². The van der Waals surface area contributed by atoms with E-state index in [-0.39, 0.29) is 31.1 Å². The standard InChI is InChI=1S/C45H86O6/c1-4-7-10-13-15-17-19-21-23-25-27-29-32-35-38-44(47)50-41-42(40-49-43(46)37-34-31-12-9-6-3)51-45(48)39-36-33-30-28-26-24-22-20-18-16-14-11-8-5-2/h42H,4-41H2,1-3H3. The number of rotatable bonds is 41. The topological polar surface area (TPSA) is 78.9 Å². The molecule has 0 aliphatic heterocycles. The van der Waals surface area contributed by atoms with Crippen molar-refractivity contribution in [2.75, 3.05) is 13.2 Å². The Morgan fingerprint density at radius 3 is 0.784 bits per heavy atom. The van der Waals surface area contributed by atoms with E-state index < -0.39 is 6.10 Å². The molecule has 0 aromatic rings. The number of unbranched alkanes of at least 4 members (excludes halogenated alkanes) is 30. The van der Waals surface area contributed by atoms with Gasteiger partial charge in [-0.3, -0.25) is 14.4 Å². The van der Waals surface area contributed by atoms with Gasteiger partial charge in [0.05, 0.1) is 0 Å². The summed E-state index contributed by atoms with van der Waals surface area (Å²) in [6.07, 6.45) is 41.1. The van der Waals surface area contributed by atoms with Crippen LogP contribution in [-0.2, 0) is 28.6 Å². The first-order chi connectivity index (χ1) is 25.0. The van der Waals surface area contributed by atoms with E-state index in [0.29, 0.717) is 19.3 Å². The van der Waals surface area contributed by atoms with Gasteiger partial charge >= 0.3 is 17.9 Å². The molecule has 0 radical (unpaired) electrons. The summed E-state index contributed by atoms with van der Waals surface area (Å²) in [5.74, 6) is -0.866. The molecule has 0 spiro atoms. The predicted molar refractivity (Wildman–Crippen MR) is 215 cm³/mol. The monoisotopic (exact) mass is 723 g/mol. The van der Waals surface area contributed by atoms with Gasteiger partial charge < -0.3 is 14.2 Å². The Labute approximate surface area is 317 Å². The van der Waals surface area contributed by atoms with Gasteiger partial charge in [-0.15, -0.1) is 0 Å². The second-order valence-electron chi connectivity index (χ2n) is 15.3. The largest absolute Gasteiger partial charge is 0.462 e. The zero-order chi connectivity index (χ0) is 37.3. The van der Waals surface area contributed by atoms with Crippen molar-refractivity contribution < 1.29 is 28.6 Å². The first kappa shape index (κ1) is 49.4. The van der Waals surface area contributed by atoms with Crippen LogP contribution in [-0.4, -0.2) is 37.2 Å². The van der Waals surface area contributed by atoms with Gasteiger partial charge in [0.25, 0.3) is 0 Å². The normalized spacial score (nSPS) is 11.8. The Morgan fingerprint density at radius 1 is 0.314 bits per heavy atom. The molecule has 0 bridgehead atoms. The van der Waals surface area contributed by atoms with Gasteiger partial charge in [-0.1, -0.05) is 213 Å². The average molecular weight is 723 g/mol. The van der Waals surface area contributed by atoms with E-state index in [1.807, 2.05) is 0 Å². The molecule has 1 unspecified atom stereocenters. The highest BCUT2D eigenvalue weighted by atomic mass is 16.6. The van der Waals surface area contributed by atoms with Crippen LogP contribution in [0.4, 0.5) is 0 Å². The summed E-state index contributed by atoms with van der Waals surface area (Å²) in [5.41, 5.74) is 0. The van der Waals surface area contributed by atoms with Gasteiger partial charge in [0.2, 0.25) is 0 Å². The molecule has 0 N–H and O–H groups in total. The average Bonchev–Trinajstić information content (AvgIpc) is 3.12. The Balaban J connectivity index is 4.18. The second-order valence-corrected chi connectivity index (χ2v) is 15.3. The van der Waals surface area contributed by atoms with Crippen LogP contribution in [0.3, 0.4) is 0 Å². The molecule has 0 rings (SSSR count). The lowest BCUT2D eigenvalue weighted by molar-refractivity contribution is -0.167. The van der Waals surface area contributed by atoms with Crippen molar-refractivity contribution in [2.45, 2.75) is 258 Å². The summed E-state index contributed by atoms with van der Waals surface area (Å²) in [6.45, 7) is 6.57. The van der Waals surface area contributed by atoms with Crippen molar-refractivity contribution >= 4 is 17.9 Å². The summed E-state index contributed by atoms with van der Waals surface area (Å²) in [4.78, 5) is 37.4. The molecule has 0 aliphatic rings. The number of esters is 3. The molecule has 0 saturated heterocycles. The Bertz CT molecular complexity index is 753. The van der Waals surface area contributed by atoms with Crippen LogP contribution < -0.4 is 0 Å². The van der Waals surface area contributed by atoms with E-state index in [2.05, 4.69) is 20.8 Å². The lowest BCUT2D eigenvalue weighted by atomic mass is 10.0. The van der Waals surface area contributed by atoms with Crippen molar-refractivity contribution in [3.8, 4) is 0 Å². The Morgan fingerprint density at radius 2 is 0.529 bits per heavy atom. The van der Waals surface area contributed by atoms with E-state index in [1.165, 1.54) is 148 Å². The fourth-order valence-corrected chi connectivity index (χ4v) is 6.68. The number of hydrogen-bond acceptors (Lipinski definition) is 6. The maximum atomic E-state index is 12.6. The van der Waals surface area contributed by atoms with Crippen LogP contribution in [0.25, 0.3) is 0 Å². The van der Waals surface area contributed by atoms with Gasteiger partial charge in [0.15, 0.2) is 6.10 Å². The zero-order valence-corrected chi connectivity index (χ0v) is 34.4. The minimum Gasteiger partial charge on any atom is -0.462 e. The molecule has 0 saturated carbocycles. The highest BCUT2D eigenvalue weighted by Gasteiger charge is 2.19. The lowest BCUT2D eigenvalue weighted by Crippen LogP contribution is -2.30. The third kappa shape index (κ3) is 39.5. The van der Waals surface area contributed by atoms with E-state index >= 15 is 0 Å². The number of carbonyl (C=O) groups is 3. The predicted octanol–water partition coefficient (Wildman–Crippen LogP) is 14.1. The van der Waals surface area contributed by atoms with E-state index in [0.717, 1.165) is 64.2 Å². The molecule has 0 aromatic carbocycles. The smallest absolute Gasteiger partial charge is 0.306 e. The van der Waals surface area contributed by atoms with Gasteiger partial charge in [-0.25, -0.2) is 0 Å². The lowest BCUT2D eigenvalue weighted by Gasteiger charge is -2.18. The third-order valence-corrected chi connectivity index (χ3v) is 10.1. The van der Waals surface area contributed by atoms with Crippen LogP contribution in [0.1, 0.15) is 252 Å². The minimum absolute atomic E-state index is 0.0638. The maximum Gasteiger partial charge on any atom is 0.306 e. The van der Waals surface area contributed by atoms with Crippen LogP contribution in [0.15, 0.2) is 0 Å². The molecule has 0 heterocycles. The molecular weight excluding hydrogens is 636 g/mol. The summed E-state index contributed by atoms with van der Waals surface area (Å²) in [7, 11) is 0. The molecule has 0 amide bonds. The summed E-state index contributed by atoms with van der Waals surface area (Å²) < 4.78 is 16.6. The van der Waals surface area contributed by atoms with E-state index in [4.69, 9.17) is 14.2 Å². The molecule has 0 fully saturated rings. The first-order valence-corrected chi connectivity index (χ1v) is 22.5. The third-order valence-electron chi connectivity index (χ3n) is 10.1. The number of hydrogen-bond donors (Lipinski definition) is 0. The molecule has 6 nitrogen and oxygen atoms in total. The Kier molecular flexibility index (Phi) is 39.9. The minimum atomic E-state index is -0.756. The van der Waals surface area contributed by atoms with Crippen molar-refractivity contribution in [3.05, 3.63) is 0 Å². The molecule has 0 aliphatic carbocycles. The van der Waals surface area contributed by atoms with Gasteiger partial charge in [-0.2, -0.15) is 0 Å². The number of ether oxygens (including phenoxy) is 3. The molecule has 302 valence electrons. The molecule has 6 heteroatoms. The fourth-order valence-electron chi connectivity index (χ4n) is 6.68. The summed E-state index contributed by atoms with van der Waals surface area (Å²) in [6, 6.07) is 0. The Hall–Kier alpha value is -1.59. The highest BCUT2D eigenvalue weighted by Crippen LogP contribution is 2.16. The van der Waals surface area contributed by atoms with Crippen molar-refractivity contribution in [3.63, 3.8) is 0 Å². The van der Waals surface area contributed by atoms with Crippen LogP contribution in [0.2, 0.25) is 0 Å². The van der Waals surface area contributed by atoms with E-state index in [9.17, 15) is 14.4 Å². The van der Waals surface area contributed by atoms with Crippen LogP contribution in [0, 0.1) is 0 Å². The fraction of sp³-hybridized carbons (Fsp3) is 0.933. The number of carbonyl (C=O) groups excluding carboxylic acids is 3. The van der Waals surface area contributed by atoms with Crippen LogP contribution in [0.5, 0.6) is 0 Å². The SMILES string of the molecule is CCCCCCCCCCCCCCCCC(=O)OCC(COC(=O)CCCCCCC)OC(=O)CCCCCCCCCCCCCCCC. The van der Waals surface area contributed by atoms with Crippen molar-refractivity contribution in [1.82, 2.24) is 0 Å². The zero-order valence-electron chi connectivity index (χ0n) is 34.4. The van der Waals surface area contributed by atoms with Crippen molar-refractivity contribution in [2.24, 2.45) is 0 Å². The molecule has 51 heavy (non-hydrogen) atoms. The van der Waals surface area contributed by atoms with E-state index in [1.54, 1.807) is 0 Å². The maximum absolute atomic E-state index is 12.6. The first-order valence-electron chi connectivity index (χ1n) is 22.5. The molecule has 1 atom stereocenters. The molecule has 0 aromatic heterocycles. The van der Waals surface area contributed by atoms with Crippen molar-refractivity contribution in [1.29, 1.82) is 0 Å². The second kappa shape index (κ2) is 41.2. The molecular formula is C45H86O6. The summed E-state index contributed by atoms with van der Waals surface area (Å²) in [5, 5.41) is 0. The van der Waals surface area contributed by atoms with Gasteiger partial charge in [0, 0.05) is 19.3 Å². The summed E-state index contributed by atoms with van der Waals surface area (Å²) >= 11 is 0. The quantitative estimate of drug-likeness (QED) is 0.0355. The van der Waals surface area contributed by atoms with Gasteiger partial charge in [0.1, 0.15) is 13.2 Å².